The summed E-state index contributed by atoms with van der Waals surface area (Å²) in [5.41, 5.74) is 2.46. The Balaban J connectivity index is 1.53. The number of hydrogen-bond donors (Lipinski definition) is 2. The van der Waals surface area contributed by atoms with Crippen LogP contribution in [0.2, 0.25) is 0 Å². The number of anilines is 2. The van der Waals surface area contributed by atoms with E-state index < -0.39 is 0 Å². The number of rotatable bonds is 8. The minimum atomic E-state index is -0.154. The number of carbonyl (C=O) groups excluding carboxylic acids is 1. The van der Waals surface area contributed by atoms with Gasteiger partial charge in [-0.3, -0.25) is 4.79 Å². The summed E-state index contributed by atoms with van der Waals surface area (Å²) in [6.07, 6.45) is 2.25. The number of carbonyl (C=O) groups is 1. The lowest BCUT2D eigenvalue weighted by Gasteiger charge is -2.10. The average Bonchev–Trinajstić information content (AvgIpc) is 2.75. The molecule has 144 valence electrons. The predicted molar refractivity (Wildman–Crippen MR) is 110 cm³/mol. The highest BCUT2D eigenvalue weighted by Crippen LogP contribution is 2.19. The van der Waals surface area contributed by atoms with Gasteiger partial charge in [0.25, 0.3) is 5.91 Å². The number of amides is 1. The molecule has 2 aromatic carbocycles. The first-order valence-corrected chi connectivity index (χ1v) is 8.97. The smallest absolute Gasteiger partial charge is 0.252 e. The van der Waals surface area contributed by atoms with Crippen molar-refractivity contribution in [3.05, 3.63) is 78.0 Å². The Bertz CT molecular complexity index is 909. The third-order valence-electron chi connectivity index (χ3n) is 4.26. The summed E-state index contributed by atoms with van der Waals surface area (Å²) in [7, 11) is 3.27. The Kier molecular flexibility index (Phi) is 6.46. The molecule has 0 spiro atoms. The molecule has 0 aliphatic heterocycles. The lowest BCUT2D eigenvalue weighted by molar-refractivity contribution is 0.0953. The average molecular weight is 377 g/mol. The van der Waals surface area contributed by atoms with Crippen LogP contribution in [0.15, 0.2) is 66.9 Å². The summed E-state index contributed by atoms with van der Waals surface area (Å²) in [4.78, 5) is 16.6. The fourth-order valence-electron chi connectivity index (χ4n) is 2.75. The monoisotopic (exact) mass is 377 g/mol. The van der Waals surface area contributed by atoms with E-state index in [1.54, 1.807) is 32.5 Å². The molecule has 28 heavy (non-hydrogen) atoms. The van der Waals surface area contributed by atoms with Crippen LogP contribution in [-0.4, -0.2) is 31.7 Å². The van der Waals surface area contributed by atoms with Gasteiger partial charge in [0, 0.05) is 18.4 Å². The normalized spacial score (nSPS) is 10.2. The van der Waals surface area contributed by atoms with Crippen molar-refractivity contribution >= 4 is 17.4 Å². The van der Waals surface area contributed by atoms with Gasteiger partial charge in [-0.2, -0.15) is 0 Å². The van der Waals surface area contributed by atoms with Gasteiger partial charge in [0.1, 0.15) is 17.3 Å². The van der Waals surface area contributed by atoms with E-state index in [2.05, 4.69) is 15.6 Å². The largest absolute Gasteiger partial charge is 0.497 e. The van der Waals surface area contributed by atoms with Crippen molar-refractivity contribution in [2.75, 3.05) is 26.1 Å². The van der Waals surface area contributed by atoms with Crippen molar-refractivity contribution in [2.45, 2.75) is 6.42 Å². The topological polar surface area (TPSA) is 72.5 Å². The van der Waals surface area contributed by atoms with Gasteiger partial charge in [-0.15, -0.1) is 0 Å². The van der Waals surface area contributed by atoms with Crippen molar-refractivity contribution < 1.29 is 14.3 Å². The molecule has 3 aromatic rings. The maximum atomic E-state index is 12.3. The van der Waals surface area contributed by atoms with E-state index >= 15 is 0 Å². The maximum Gasteiger partial charge on any atom is 0.252 e. The molecule has 1 amide bonds. The molecule has 2 N–H and O–H groups in total. The van der Waals surface area contributed by atoms with Gasteiger partial charge in [-0.25, -0.2) is 4.98 Å². The van der Waals surface area contributed by atoms with Crippen LogP contribution >= 0.6 is 0 Å². The highest BCUT2D eigenvalue weighted by molar-refractivity contribution is 5.94. The van der Waals surface area contributed by atoms with Crippen LogP contribution in [0.1, 0.15) is 15.9 Å². The van der Waals surface area contributed by atoms with Gasteiger partial charge in [-0.1, -0.05) is 18.2 Å². The second-order valence-corrected chi connectivity index (χ2v) is 6.10. The molecule has 0 saturated carbocycles. The van der Waals surface area contributed by atoms with Gasteiger partial charge in [0.05, 0.1) is 19.8 Å². The fraction of sp³-hybridized carbons (Fsp3) is 0.182. The SMILES string of the molecule is COc1ccc(Nc2ccc(C(=O)NCCc3ccccc3OC)cn2)cc1. The zero-order valence-electron chi connectivity index (χ0n) is 15.9. The van der Waals surface area contributed by atoms with Crippen LogP contribution in [0.5, 0.6) is 11.5 Å². The van der Waals surface area contributed by atoms with Crippen LogP contribution in [0.25, 0.3) is 0 Å². The third-order valence-corrected chi connectivity index (χ3v) is 4.26. The Labute approximate surface area is 164 Å². The molecule has 0 unspecified atom stereocenters. The molecule has 0 fully saturated rings. The van der Waals surface area contributed by atoms with Crippen LogP contribution in [0.3, 0.4) is 0 Å². The Morgan fingerprint density at radius 1 is 0.964 bits per heavy atom. The van der Waals surface area contributed by atoms with Crippen LogP contribution in [-0.2, 0) is 6.42 Å². The second kappa shape index (κ2) is 9.41. The molecule has 0 atom stereocenters. The number of ether oxygens (including phenoxy) is 2. The molecule has 1 aromatic heterocycles. The van der Waals surface area contributed by atoms with Crippen molar-refractivity contribution in [3.63, 3.8) is 0 Å². The minimum Gasteiger partial charge on any atom is -0.497 e. The number of para-hydroxylation sites is 1. The first kappa shape index (κ1) is 19.2. The number of nitrogens with one attached hydrogen (secondary N) is 2. The van der Waals surface area contributed by atoms with E-state index in [1.807, 2.05) is 48.5 Å². The maximum absolute atomic E-state index is 12.3. The number of benzene rings is 2. The zero-order chi connectivity index (χ0) is 19.8. The summed E-state index contributed by atoms with van der Waals surface area (Å²) in [5, 5.41) is 6.10. The highest BCUT2D eigenvalue weighted by Gasteiger charge is 2.07. The summed E-state index contributed by atoms with van der Waals surface area (Å²) in [5.74, 6) is 2.13. The zero-order valence-corrected chi connectivity index (χ0v) is 15.9. The number of nitrogens with zero attached hydrogens (tertiary/aromatic N) is 1. The Hall–Kier alpha value is -3.54. The molecule has 0 aliphatic rings. The summed E-state index contributed by atoms with van der Waals surface area (Å²) in [6.45, 7) is 0.519. The summed E-state index contributed by atoms with van der Waals surface area (Å²) >= 11 is 0. The van der Waals surface area contributed by atoms with E-state index in [4.69, 9.17) is 9.47 Å². The van der Waals surface area contributed by atoms with Crippen LogP contribution in [0, 0.1) is 0 Å². The first-order valence-electron chi connectivity index (χ1n) is 8.97. The number of aromatic nitrogens is 1. The van der Waals surface area contributed by atoms with Gasteiger partial charge < -0.3 is 20.1 Å². The molecule has 3 rings (SSSR count). The fourth-order valence-corrected chi connectivity index (χ4v) is 2.75. The van der Waals surface area contributed by atoms with Crippen molar-refractivity contribution in [3.8, 4) is 11.5 Å². The molecule has 6 heteroatoms. The summed E-state index contributed by atoms with van der Waals surface area (Å²) in [6, 6.07) is 18.8. The Morgan fingerprint density at radius 3 is 2.43 bits per heavy atom. The number of pyridine rings is 1. The lowest BCUT2D eigenvalue weighted by Crippen LogP contribution is -2.25. The van der Waals surface area contributed by atoms with Crippen LogP contribution < -0.4 is 20.1 Å². The van der Waals surface area contributed by atoms with Gasteiger partial charge in [0.2, 0.25) is 0 Å². The minimum absolute atomic E-state index is 0.154. The molecule has 1 heterocycles. The molecule has 0 saturated heterocycles. The number of hydrogen-bond acceptors (Lipinski definition) is 5. The van der Waals surface area contributed by atoms with Crippen LogP contribution in [0.4, 0.5) is 11.5 Å². The number of methoxy groups -OCH3 is 2. The van der Waals surface area contributed by atoms with E-state index in [9.17, 15) is 4.79 Å². The van der Waals surface area contributed by atoms with Crippen molar-refractivity contribution in [1.82, 2.24) is 10.3 Å². The molecule has 0 radical (unpaired) electrons. The Morgan fingerprint density at radius 2 is 1.75 bits per heavy atom. The van der Waals surface area contributed by atoms with E-state index in [-0.39, 0.29) is 5.91 Å². The van der Waals surface area contributed by atoms with E-state index in [0.717, 1.165) is 22.7 Å². The quantitative estimate of drug-likeness (QED) is 0.624. The van der Waals surface area contributed by atoms with Crippen molar-refractivity contribution in [1.29, 1.82) is 0 Å². The standard InChI is InChI=1S/C22H23N3O3/c1-27-19-10-8-18(9-11-19)25-21-12-7-17(15-24-21)22(26)23-14-13-16-5-3-4-6-20(16)28-2/h3-12,15H,13-14H2,1-2H3,(H,23,26)(H,24,25). The highest BCUT2D eigenvalue weighted by atomic mass is 16.5. The second-order valence-electron chi connectivity index (χ2n) is 6.10. The predicted octanol–water partition coefficient (Wildman–Crippen LogP) is 3.81. The molecule has 6 nitrogen and oxygen atoms in total. The lowest BCUT2D eigenvalue weighted by atomic mass is 10.1. The third kappa shape index (κ3) is 5.01. The molecular weight excluding hydrogens is 354 g/mol. The van der Waals surface area contributed by atoms with E-state index in [0.29, 0.717) is 24.3 Å². The van der Waals surface area contributed by atoms with Gasteiger partial charge in [-0.05, 0) is 54.4 Å². The summed E-state index contributed by atoms with van der Waals surface area (Å²) < 4.78 is 10.5. The van der Waals surface area contributed by atoms with Crippen molar-refractivity contribution in [2.24, 2.45) is 0 Å². The van der Waals surface area contributed by atoms with E-state index in [1.165, 1.54) is 0 Å². The van der Waals surface area contributed by atoms with Gasteiger partial charge in [0.15, 0.2) is 0 Å². The van der Waals surface area contributed by atoms with Gasteiger partial charge >= 0.3 is 0 Å². The molecule has 0 bridgehead atoms. The molecular formula is C22H23N3O3. The first-order chi connectivity index (χ1) is 13.7. The molecule has 0 aliphatic carbocycles.